The molecule has 1 atom stereocenters. The Morgan fingerprint density at radius 3 is 2.53 bits per heavy atom. The van der Waals surface area contributed by atoms with Crippen LogP contribution >= 0.6 is 0 Å². The van der Waals surface area contributed by atoms with Crippen LogP contribution < -0.4 is 33.5 Å². The van der Waals surface area contributed by atoms with Crippen LogP contribution in [0.2, 0.25) is 0 Å². The lowest BCUT2D eigenvalue weighted by molar-refractivity contribution is -0.530. The Morgan fingerprint density at radius 2 is 1.94 bits per heavy atom. The van der Waals surface area contributed by atoms with Gasteiger partial charge in [-0.05, 0) is 19.1 Å². The number of fused-ring (bicyclic) bond motifs is 1. The third-order valence-corrected chi connectivity index (χ3v) is 3.22. The number of ether oxygens (including phenoxy) is 2. The van der Waals surface area contributed by atoms with Crippen LogP contribution in [0, 0.1) is 0 Å². The number of hydrogen-bond acceptors (Lipinski definition) is 2. The Bertz CT molecular complexity index is 443. The highest BCUT2D eigenvalue weighted by Crippen LogP contribution is 2.35. The number of halogens is 1. The number of rotatable bonds is 2. The van der Waals surface area contributed by atoms with Crippen LogP contribution in [0.1, 0.15) is 18.1 Å². The van der Waals surface area contributed by atoms with Crippen molar-refractivity contribution in [2.24, 2.45) is 0 Å². The molecular formula is C13H18INO2. The van der Waals surface area contributed by atoms with Crippen LogP contribution in [-0.2, 0) is 6.42 Å². The van der Waals surface area contributed by atoms with E-state index in [9.17, 15) is 0 Å². The molecule has 0 N–H and O–H groups in total. The maximum absolute atomic E-state index is 5.45. The first kappa shape index (κ1) is 14.3. The van der Waals surface area contributed by atoms with Gasteiger partial charge in [0, 0.05) is 17.5 Å². The van der Waals surface area contributed by atoms with E-state index in [4.69, 9.17) is 9.47 Å². The molecule has 1 aliphatic rings. The topological polar surface area (TPSA) is 21.5 Å². The fourth-order valence-corrected chi connectivity index (χ4v) is 2.12. The summed E-state index contributed by atoms with van der Waals surface area (Å²) in [6, 6.07) is 4.53. The average Bonchev–Trinajstić information content (AvgIpc) is 2.29. The predicted molar refractivity (Wildman–Crippen MR) is 64.1 cm³/mol. The van der Waals surface area contributed by atoms with Gasteiger partial charge < -0.3 is 33.5 Å². The van der Waals surface area contributed by atoms with Gasteiger partial charge >= 0.3 is 0 Å². The van der Waals surface area contributed by atoms with Gasteiger partial charge in [0.05, 0.1) is 14.2 Å². The van der Waals surface area contributed by atoms with Crippen LogP contribution in [-0.4, -0.2) is 38.1 Å². The summed E-state index contributed by atoms with van der Waals surface area (Å²) in [5.74, 6) is 1.68. The second-order valence-electron chi connectivity index (χ2n) is 4.22. The van der Waals surface area contributed by atoms with E-state index in [1.807, 2.05) is 6.07 Å². The molecular weight excluding hydrogens is 329 g/mol. The van der Waals surface area contributed by atoms with Gasteiger partial charge in [0.2, 0.25) is 0 Å². The van der Waals surface area contributed by atoms with Gasteiger partial charge in [-0.1, -0.05) is 0 Å². The van der Waals surface area contributed by atoms with E-state index < -0.39 is 0 Å². The average molecular weight is 347 g/mol. The fourth-order valence-electron chi connectivity index (χ4n) is 2.12. The Balaban J connectivity index is 0.00000144. The number of nitrogens with zero attached hydrogens (tertiary/aromatic N) is 1. The van der Waals surface area contributed by atoms with Crippen molar-refractivity contribution in [3.63, 3.8) is 0 Å². The molecule has 0 radical (unpaired) electrons. The molecule has 1 heterocycles. The third kappa shape index (κ3) is 2.56. The molecule has 0 aromatic heterocycles. The molecule has 3 nitrogen and oxygen atoms in total. The summed E-state index contributed by atoms with van der Waals surface area (Å²) < 4.78 is 13.0. The summed E-state index contributed by atoms with van der Waals surface area (Å²) in [6.45, 7) is 2.21. The highest BCUT2D eigenvalue weighted by atomic mass is 127. The minimum Gasteiger partial charge on any atom is -1.00 e. The largest absolute Gasteiger partial charge is 1.00 e. The van der Waals surface area contributed by atoms with Crippen LogP contribution in [0.15, 0.2) is 12.1 Å². The summed E-state index contributed by atoms with van der Waals surface area (Å²) in [5, 5.41) is 0. The molecule has 94 valence electrons. The third-order valence-electron chi connectivity index (χ3n) is 3.22. The fraction of sp³-hybridized carbons (Fsp3) is 0.462. The van der Waals surface area contributed by atoms with Crippen molar-refractivity contribution in [2.75, 3.05) is 21.3 Å². The highest BCUT2D eigenvalue weighted by Gasteiger charge is 2.25. The Morgan fingerprint density at radius 1 is 1.24 bits per heavy atom. The number of likely N-dealkylation sites (N-methyl/N-ethyl adjacent to an activating group) is 1. The maximum Gasteiger partial charge on any atom is 0.171 e. The van der Waals surface area contributed by atoms with Gasteiger partial charge in [-0.25, -0.2) is 4.58 Å². The molecule has 0 spiro atoms. The molecule has 0 amide bonds. The van der Waals surface area contributed by atoms with Crippen molar-refractivity contribution in [2.45, 2.75) is 19.4 Å². The molecule has 1 aliphatic heterocycles. The zero-order valence-electron chi connectivity index (χ0n) is 10.7. The summed E-state index contributed by atoms with van der Waals surface area (Å²) in [5.41, 5.74) is 2.46. The van der Waals surface area contributed by atoms with E-state index in [1.165, 1.54) is 11.1 Å². The van der Waals surface area contributed by atoms with E-state index in [0.717, 1.165) is 17.9 Å². The molecule has 0 aliphatic carbocycles. The first-order chi connectivity index (χ1) is 7.67. The second kappa shape index (κ2) is 5.71. The molecule has 1 aromatic rings. The summed E-state index contributed by atoms with van der Waals surface area (Å²) in [7, 11) is 5.47. The zero-order chi connectivity index (χ0) is 11.7. The number of hydrogen-bond donors (Lipinski definition) is 0. The molecule has 1 unspecified atom stereocenters. The van der Waals surface area contributed by atoms with E-state index in [2.05, 4.69) is 30.8 Å². The first-order valence-corrected chi connectivity index (χ1v) is 5.48. The van der Waals surface area contributed by atoms with Crippen molar-refractivity contribution in [3.8, 4) is 11.5 Å². The molecule has 2 rings (SSSR count). The summed E-state index contributed by atoms with van der Waals surface area (Å²) in [4.78, 5) is 0. The van der Waals surface area contributed by atoms with Gasteiger partial charge in [-0.15, -0.1) is 0 Å². The second-order valence-corrected chi connectivity index (χ2v) is 4.22. The summed E-state index contributed by atoms with van der Waals surface area (Å²) >= 11 is 0. The van der Waals surface area contributed by atoms with Crippen molar-refractivity contribution >= 4 is 6.21 Å². The minimum absolute atomic E-state index is 0. The molecule has 0 saturated heterocycles. The van der Waals surface area contributed by atoms with Crippen LogP contribution in [0.5, 0.6) is 11.5 Å². The molecule has 0 saturated carbocycles. The quantitative estimate of drug-likeness (QED) is 0.491. The normalized spacial score (nSPS) is 17.6. The van der Waals surface area contributed by atoms with Crippen molar-refractivity contribution in [1.29, 1.82) is 0 Å². The van der Waals surface area contributed by atoms with E-state index >= 15 is 0 Å². The van der Waals surface area contributed by atoms with Gasteiger partial charge in [0.15, 0.2) is 23.8 Å². The van der Waals surface area contributed by atoms with Crippen LogP contribution in [0.25, 0.3) is 0 Å². The highest BCUT2D eigenvalue weighted by molar-refractivity contribution is 5.81. The molecule has 4 heteroatoms. The monoisotopic (exact) mass is 347 g/mol. The Labute approximate surface area is 119 Å². The van der Waals surface area contributed by atoms with E-state index in [1.54, 1.807) is 14.2 Å². The smallest absolute Gasteiger partial charge is 0.171 e. The standard InChI is InChI=1S/C13H18NO2.HI/c1-9-7-11-10(8-14(9)2)5-6-12(15-3)13(11)16-4;/h5-6,8-9H,7H2,1-4H3;1H/q+1;/p-1. The molecule has 0 fully saturated rings. The lowest BCUT2D eigenvalue weighted by Gasteiger charge is -2.20. The lowest BCUT2D eigenvalue weighted by atomic mass is 9.96. The Hall–Kier alpha value is -0.780. The van der Waals surface area contributed by atoms with Crippen LogP contribution in [0.3, 0.4) is 0 Å². The van der Waals surface area contributed by atoms with Crippen LogP contribution in [0.4, 0.5) is 0 Å². The van der Waals surface area contributed by atoms with E-state index in [-0.39, 0.29) is 24.0 Å². The van der Waals surface area contributed by atoms with Gasteiger partial charge in [-0.2, -0.15) is 0 Å². The minimum atomic E-state index is 0. The van der Waals surface area contributed by atoms with Crippen molar-refractivity contribution in [1.82, 2.24) is 0 Å². The van der Waals surface area contributed by atoms with Gasteiger partial charge in [0.25, 0.3) is 0 Å². The number of benzene rings is 1. The summed E-state index contributed by atoms with van der Waals surface area (Å²) in [6.07, 6.45) is 3.15. The Kier molecular flexibility index (Phi) is 4.80. The molecule has 17 heavy (non-hydrogen) atoms. The zero-order valence-corrected chi connectivity index (χ0v) is 12.8. The van der Waals surface area contributed by atoms with Gasteiger partial charge in [0.1, 0.15) is 7.05 Å². The lowest BCUT2D eigenvalue weighted by Crippen LogP contribution is -3.00. The molecule has 1 aromatic carbocycles. The molecule has 0 bridgehead atoms. The first-order valence-electron chi connectivity index (χ1n) is 5.48. The number of methoxy groups -OCH3 is 2. The maximum atomic E-state index is 5.45. The predicted octanol–water partition coefficient (Wildman–Crippen LogP) is -1.29. The SMILES string of the molecule is COc1ccc2c(c1OC)CC(C)[N+](C)=C2.[I-]. The van der Waals surface area contributed by atoms with Crippen molar-refractivity contribution in [3.05, 3.63) is 23.3 Å². The van der Waals surface area contributed by atoms with Crippen molar-refractivity contribution < 1.29 is 38.0 Å². The van der Waals surface area contributed by atoms with Gasteiger partial charge in [-0.3, -0.25) is 0 Å². The van der Waals surface area contributed by atoms with E-state index in [0.29, 0.717) is 6.04 Å².